The summed E-state index contributed by atoms with van der Waals surface area (Å²) in [4.78, 5) is 19.8. The van der Waals surface area contributed by atoms with Gasteiger partial charge < -0.3 is 28.5 Å². The number of hydrogen-bond acceptors (Lipinski definition) is 8. The Balaban J connectivity index is 1.67. The van der Waals surface area contributed by atoms with E-state index in [-0.39, 0.29) is 24.4 Å². The first-order valence-corrected chi connectivity index (χ1v) is 21.3. The normalized spacial score (nSPS) is 20.4. The van der Waals surface area contributed by atoms with Gasteiger partial charge in [-0.2, -0.15) is 0 Å². The number of pyridine rings is 1. The number of methoxy groups -OCH3 is 1. The molecule has 50 heavy (non-hydrogen) atoms. The molecule has 1 aliphatic carbocycles. The minimum Gasteiger partial charge on any atom is -0.497 e. The molecule has 0 saturated carbocycles. The zero-order valence-corrected chi connectivity index (χ0v) is 32.6. The number of hydrogen-bond donors (Lipinski definition) is 1. The standard InChI is InChI=1S/C41H57NO7Si/c1-10-12-14-30-16-19-33-38(42-30)36(32-18-17-31(45-7)23-28(32)22-27(3)25-49-50(8,9)40(4,5)6)37(39(43)46-21-13-11-2)41(33,44)29-15-20-34-35(24-29)48-26-47-34/h15-20,23-24,27,36-37,44H,10-14,21-22,25-26H2,1-9H3/t27-,36-,37+,41?/m0/s1. The summed E-state index contributed by atoms with van der Waals surface area (Å²) in [6.45, 7) is 18.8. The van der Waals surface area contributed by atoms with Crippen molar-refractivity contribution in [3.8, 4) is 17.2 Å². The molecule has 3 aromatic rings. The highest BCUT2D eigenvalue weighted by molar-refractivity contribution is 6.74. The van der Waals surface area contributed by atoms with Gasteiger partial charge in [-0.25, -0.2) is 0 Å². The average Bonchev–Trinajstić information content (AvgIpc) is 3.66. The quantitative estimate of drug-likeness (QED) is 0.0955. The summed E-state index contributed by atoms with van der Waals surface area (Å²) in [7, 11) is -0.293. The summed E-state index contributed by atoms with van der Waals surface area (Å²) in [5.41, 5.74) is 3.01. The Morgan fingerprint density at radius 2 is 1.78 bits per heavy atom. The van der Waals surface area contributed by atoms with Gasteiger partial charge in [0, 0.05) is 23.8 Å². The van der Waals surface area contributed by atoms with Crippen LogP contribution in [-0.4, -0.2) is 51.5 Å². The number of benzene rings is 2. The molecule has 2 heterocycles. The summed E-state index contributed by atoms with van der Waals surface area (Å²) in [5.74, 6) is 0.0217. The van der Waals surface area contributed by atoms with Crippen LogP contribution >= 0.6 is 0 Å². The molecule has 1 aliphatic heterocycles. The van der Waals surface area contributed by atoms with E-state index in [2.05, 4.69) is 60.7 Å². The molecule has 1 N–H and O–H groups in total. The van der Waals surface area contributed by atoms with Gasteiger partial charge in [-0.3, -0.25) is 9.78 Å². The zero-order chi connectivity index (χ0) is 36.3. The molecule has 1 unspecified atom stereocenters. The van der Waals surface area contributed by atoms with E-state index in [4.69, 9.17) is 28.4 Å². The van der Waals surface area contributed by atoms with Gasteiger partial charge in [-0.15, -0.1) is 0 Å². The Morgan fingerprint density at radius 1 is 1.04 bits per heavy atom. The number of nitrogens with zero attached hydrogens (tertiary/aromatic N) is 1. The molecule has 1 aromatic heterocycles. The number of aryl methyl sites for hydroxylation is 1. The minimum absolute atomic E-state index is 0.104. The van der Waals surface area contributed by atoms with Crippen LogP contribution in [0, 0.1) is 11.8 Å². The third kappa shape index (κ3) is 7.60. The number of carbonyl (C=O) groups is 1. The van der Waals surface area contributed by atoms with Gasteiger partial charge in [0.15, 0.2) is 19.8 Å². The fourth-order valence-corrected chi connectivity index (χ4v) is 7.97. The van der Waals surface area contributed by atoms with Crippen LogP contribution in [0.1, 0.15) is 107 Å². The van der Waals surface area contributed by atoms with E-state index in [0.717, 1.165) is 54.7 Å². The summed E-state index contributed by atoms with van der Waals surface area (Å²) < 4.78 is 29.8. The zero-order valence-electron chi connectivity index (χ0n) is 31.6. The van der Waals surface area contributed by atoms with E-state index in [9.17, 15) is 9.90 Å². The highest BCUT2D eigenvalue weighted by atomic mass is 28.4. The number of aromatic nitrogens is 1. The molecule has 272 valence electrons. The number of unbranched alkanes of at least 4 members (excludes halogenated alkanes) is 2. The number of ether oxygens (including phenoxy) is 4. The topological polar surface area (TPSA) is 96.3 Å². The van der Waals surface area contributed by atoms with E-state index < -0.39 is 31.7 Å². The summed E-state index contributed by atoms with van der Waals surface area (Å²) in [6, 6.07) is 15.4. The predicted molar refractivity (Wildman–Crippen MR) is 199 cm³/mol. The van der Waals surface area contributed by atoms with Crippen LogP contribution in [0.2, 0.25) is 18.1 Å². The maximum atomic E-state index is 14.5. The number of aliphatic hydroxyl groups is 1. The Labute approximate surface area is 300 Å². The van der Waals surface area contributed by atoms with Gasteiger partial charge in [0.05, 0.1) is 19.4 Å². The first-order chi connectivity index (χ1) is 23.7. The van der Waals surface area contributed by atoms with E-state index >= 15 is 0 Å². The highest BCUT2D eigenvalue weighted by Crippen LogP contribution is 2.56. The van der Waals surface area contributed by atoms with Crippen molar-refractivity contribution in [3.63, 3.8) is 0 Å². The molecular weight excluding hydrogens is 647 g/mol. The van der Waals surface area contributed by atoms with Crippen molar-refractivity contribution in [2.24, 2.45) is 11.8 Å². The van der Waals surface area contributed by atoms with Crippen LogP contribution < -0.4 is 14.2 Å². The van der Waals surface area contributed by atoms with Crippen molar-refractivity contribution in [3.05, 3.63) is 82.2 Å². The Bertz CT molecular complexity index is 1650. The van der Waals surface area contributed by atoms with E-state index in [0.29, 0.717) is 41.3 Å². The maximum Gasteiger partial charge on any atom is 0.313 e. The van der Waals surface area contributed by atoms with Crippen molar-refractivity contribution in [1.82, 2.24) is 4.98 Å². The molecular formula is C41H57NO7Si. The van der Waals surface area contributed by atoms with Gasteiger partial charge in [0.2, 0.25) is 6.79 Å². The first-order valence-electron chi connectivity index (χ1n) is 18.3. The number of rotatable bonds is 15. The van der Waals surface area contributed by atoms with Crippen LogP contribution in [0.5, 0.6) is 17.2 Å². The minimum atomic E-state index is -1.96. The molecule has 9 heteroatoms. The Kier molecular flexibility index (Phi) is 11.7. The smallest absolute Gasteiger partial charge is 0.313 e. The van der Waals surface area contributed by atoms with E-state index in [1.807, 2.05) is 30.3 Å². The van der Waals surface area contributed by atoms with Gasteiger partial charge in [0.25, 0.3) is 0 Å². The monoisotopic (exact) mass is 703 g/mol. The lowest BCUT2D eigenvalue weighted by Gasteiger charge is -2.37. The SMILES string of the molecule is CCCCOC(=O)[C@H]1[C@H](c2ccc(OC)cc2C[C@H](C)CO[Si](C)(C)C(C)(C)C)c2nc(CCCC)ccc2C1(O)c1ccc2c(c1)OCO2. The summed E-state index contributed by atoms with van der Waals surface area (Å²) in [5, 5.41) is 13.3. The van der Waals surface area contributed by atoms with Crippen molar-refractivity contribution >= 4 is 14.3 Å². The largest absolute Gasteiger partial charge is 0.497 e. The molecule has 0 saturated heterocycles. The molecule has 8 nitrogen and oxygen atoms in total. The molecule has 0 radical (unpaired) electrons. The molecule has 0 fully saturated rings. The third-order valence-corrected chi connectivity index (χ3v) is 15.4. The molecule has 5 rings (SSSR count). The van der Waals surface area contributed by atoms with Crippen LogP contribution in [-0.2, 0) is 32.4 Å². The van der Waals surface area contributed by atoms with E-state index in [1.165, 1.54) is 0 Å². The lowest BCUT2D eigenvalue weighted by atomic mass is 9.75. The second-order valence-corrected chi connectivity index (χ2v) is 20.4. The highest BCUT2D eigenvalue weighted by Gasteiger charge is 2.58. The first kappa shape index (κ1) is 37.8. The van der Waals surface area contributed by atoms with E-state index in [1.54, 1.807) is 19.2 Å². The molecule has 0 amide bonds. The fourth-order valence-electron chi connectivity index (χ4n) is 6.84. The van der Waals surface area contributed by atoms with Gasteiger partial charge in [-0.1, -0.05) is 72.6 Å². The molecule has 0 spiro atoms. The number of fused-ring (bicyclic) bond motifs is 2. The van der Waals surface area contributed by atoms with Crippen LogP contribution in [0.25, 0.3) is 0 Å². The number of carbonyl (C=O) groups excluding carboxylic acids is 1. The van der Waals surface area contributed by atoms with Crippen molar-refractivity contribution < 1.29 is 33.3 Å². The average molecular weight is 704 g/mol. The Hall–Kier alpha value is -3.40. The van der Waals surface area contributed by atoms with Gasteiger partial charge in [-0.05, 0) is 96.8 Å². The lowest BCUT2D eigenvalue weighted by molar-refractivity contribution is -0.156. The third-order valence-electron chi connectivity index (χ3n) is 10.9. The lowest BCUT2D eigenvalue weighted by Crippen LogP contribution is -2.42. The summed E-state index contributed by atoms with van der Waals surface area (Å²) >= 11 is 0. The maximum absolute atomic E-state index is 14.5. The fraction of sp³-hybridized carbons (Fsp3) is 0.561. The van der Waals surface area contributed by atoms with Crippen LogP contribution in [0.15, 0.2) is 48.5 Å². The molecule has 2 aromatic carbocycles. The number of esters is 1. The van der Waals surface area contributed by atoms with Gasteiger partial charge in [0.1, 0.15) is 17.3 Å². The van der Waals surface area contributed by atoms with Crippen LogP contribution in [0.3, 0.4) is 0 Å². The van der Waals surface area contributed by atoms with Gasteiger partial charge >= 0.3 is 5.97 Å². The molecule has 4 atom stereocenters. The molecule has 0 bridgehead atoms. The second kappa shape index (κ2) is 15.5. The predicted octanol–water partition coefficient (Wildman–Crippen LogP) is 8.70. The second-order valence-electron chi connectivity index (χ2n) is 15.6. The van der Waals surface area contributed by atoms with Crippen molar-refractivity contribution in [2.45, 2.75) is 110 Å². The van der Waals surface area contributed by atoms with Crippen molar-refractivity contribution in [2.75, 3.05) is 27.1 Å². The molecule has 2 aliphatic rings. The summed E-state index contributed by atoms with van der Waals surface area (Å²) in [6.07, 6.45) is 5.15. The Morgan fingerprint density at radius 3 is 2.48 bits per heavy atom. The van der Waals surface area contributed by atoms with Crippen molar-refractivity contribution in [1.29, 1.82) is 0 Å². The van der Waals surface area contributed by atoms with Crippen LogP contribution in [0.4, 0.5) is 0 Å².